The Hall–Kier alpha value is -2.64. The second-order valence-electron chi connectivity index (χ2n) is 5.58. The molecule has 1 aliphatic heterocycles. The Kier molecular flexibility index (Phi) is 4.14. The maximum absolute atomic E-state index is 13.0. The van der Waals surface area contributed by atoms with Crippen molar-refractivity contribution in [2.45, 2.75) is 18.6 Å². The van der Waals surface area contributed by atoms with E-state index in [-0.39, 0.29) is 24.2 Å². The molecule has 0 bridgehead atoms. The summed E-state index contributed by atoms with van der Waals surface area (Å²) in [6.07, 6.45) is 12.6. The molecule has 116 valence electrons. The molecular formula is C19H17NO3. The van der Waals surface area contributed by atoms with Gasteiger partial charge >= 0.3 is 0 Å². The van der Waals surface area contributed by atoms with Gasteiger partial charge in [0.1, 0.15) is 0 Å². The van der Waals surface area contributed by atoms with Crippen molar-refractivity contribution in [2.24, 2.45) is 5.92 Å². The summed E-state index contributed by atoms with van der Waals surface area (Å²) in [5.41, 5.74) is -0.314. The fourth-order valence-corrected chi connectivity index (χ4v) is 2.85. The average molecular weight is 307 g/mol. The Morgan fingerprint density at radius 3 is 2.57 bits per heavy atom. The molecule has 0 aromatic heterocycles. The standard InChI is InChI=1S/C19H17NO3/c1-2-3-7-15-14-23-19(12-10-17(21)11-13-19)20(18(15)22)16-8-5-4-6-9-16/h1,4-6,8-13,15H,3,7,14H2. The number of hydrogen-bond donors (Lipinski definition) is 0. The van der Waals surface area contributed by atoms with Gasteiger partial charge in [0.2, 0.25) is 5.91 Å². The van der Waals surface area contributed by atoms with Crippen molar-refractivity contribution in [3.8, 4) is 12.3 Å². The number of ketones is 1. The predicted molar refractivity (Wildman–Crippen MR) is 87.5 cm³/mol. The molecule has 0 saturated carbocycles. The van der Waals surface area contributed by atoms with E-state index >= 15 is 0 Å². The van der Waals surface area contributed by atoms with Gasteiger partial charge in [-0.3, -0.25) is 14.5 Å². The molecule has 1 heterocycles. The van der Waals surface area contributed by atoms with E-state index in [1.807, 2.05) is 30.3 Å². The molecule has 0 radical (unpaired) electrons. The lowest BCUT2D eigenvalue weighted by atomic mass is 9.94. The first kappa shape index (κ1) is 15.3. The minimum atomic E-state index is -1.04. The average Bonchev–Trinajstić information content (AvgIpc) is 2.58. The molecule has 1 aromatic rings. The van der Waals surface area contributed by atoms with Gasteiger partial charge in [0.15, 0.2) is 11.5 Å². The molecule has 3 rings (SSSR count). The summed E-state index contributed by atoms with van der Waals surface area (Å²) in [5.74, 6) is 2.13. The predicted octanol–water partition coefficient (Wildman–Crippen LogP) is 2.47. The summed E-state index contributed by atoms with van der Waals surface area (Å²) < 4.78 is 6.01. The minimum absolute atomic E-state index is 0.0404. The number of nitrogens with zero attached hydrogens (tertiary/aromatic N) is 1. The number of benzene rings is 1. The normalized spacial score (nSPS) is 22.4. The summed E-state index contributed by atoms with van der Waals surface area (Å²) in [5, 5.41) is 0. The molecule has 1 amide bonds. The summed E-state index contributed by atoms with van der Waals surface area (Å²) in [7, 11) is 0. The number of ether oxygens (including phenoxy) is 1. The Labute approximate surface area is 135 Å². The van der Waals surface area contributed by atoms with Crippen molar-refractivity contribution >= 4 is 17.4 Å². The van der Waals surface area contributed by atoms with E-state index in [0.717, 1.165) is 5.69 Å². The van der Waals surface area contributed by atoms with E-state index in [4.69, 9.17) is 11.2 Å². The second-order valence-corrected chi connectivity index (χ2v) is 5.58. The molecule has 1 spiro atoms. The highest BCUT2D eigenvalue weighted by Gasteiger charge is 2.46. The van der Waals surface area contributed by atoms with E-state index in [0.29, 0.717) is 12.8 Å². The number of terminal acetylenes is 1. The summed E-state index contributed by atoms with van der Waals surface area (Å²) in [6, 6.07) is 9.32. The largest absolute Gasteiger partial charge is 0.347 e. The van der Waals surface area contributed by atoms with Crippen LogP contribution in [-0.4, -0.2) is 24.0 Å². The smallest absolute Gasteiger partial charge is 0.235 e. The number of carbonyl (C=O) groups is 2. The fraction of sp³-hybridized carbons (Fsp3) is 0.263. The number of carbonyl (C=O) groups excluding carboxylic acids is 2. The molecule has 23 heavy (non-hydrogen) atoms. The van der Waals surface area contributed by atoms with Gasteiger partial charge in [0.05, 0.1) is 12.5 Å². The zero-order chi connectivity index (χ0) is 16.3. The van der Waals surface area contributed by atoms with Crippen molar-refractivity contribution in [1.82, 2.24) is 0 Å². The van der Waals surface area contributed by atoms with Gasteiger partial charge in [-0.15, -0.1) is 12.3 Å². The summed E-state index contributed by atoms with van der Waals surface area (Å²) in [4.78, 5) is 26.1. The van der Waals surface area contributed by atoms with Crippen LogP contribution in [0.3, 0.4) is 0 Å². The van der Waals surface area contributed by atoms with Crippen molar-refractivity contribution in [2.75, 3.05) is 11.5 Å². The van der Waals surface area contributed by atoms with E-state index in [1.165, 1.54) is 12.2 Å². The zero-order valence-corrected chi connectivity index (χ0v) is 12.6. The number of para-hydroxylation sites is 1. The lowest BCUT2D eigenvalue weighted by Crippen LogP contribution is -2.59. The van der Waals surface area contributed by atoms with Gasteiger partial charge < -0.3 is 4.74 Å². The first-order chi connectivity index (χ1) is 11.2. The molecule has 1 atom stereocenters. The summed E-state index contributed by atoms with van der Waals surface area (Å²) >= 11 is 0. The minimum Gasteiger partial charge on any atom is -0.347 e. The quantitative estimate of drug-likeness (QED) is 0.806. The van der Waals surface area contributed by atoms with Crippen LogP contribution in [0.15, 0.2) is 54.6 Å². The first-order valence-corrected chi connectivity index (χ1v) is 7.55. The second kappa shape index (κ2) is 6.23. The van der Waals surface area contributed by atoms with Gasteiger partial charge in [-0.2, -0.15) is 0 Å². The lowest BCUT2D eigenvalue weighted by molar-refractivity contribution is -0.138. The Morgan fingerprint density at radius 2 is 1.91 bits per heavy atom. The van der Waals surface area contributed by atoms with Gasteiger partial charge in [-0.25, -0.2) is 0 Å². The topological polar surface area (TPSA) is 46.6 Å². The van der Waals surface area contributed by atoms with Crippen molar-refractivity contribution in [3.63, 3.8) is 0 Å². The van der Waals surface area contributed by atoms with E-state index in [9.17, 15) is 9.59 Å². The molecule has 4 nitrogen and oxygen atoms in total. The molecule has 2 aliphatic rings. The Bertz CT molecular complexity index is 696. The van der Waals surface area contributed by atoms with Crippen LogP contribution in [0.2, 0.25) is 0 Å². The molecule has 0 N–H and O–H groups in total. The third-order valence-electron chi connectivity index (χ3n) is 4.06. The Morgan fingerprint density at radius 1 is 1.22 bits per heavy atom. The van der Waals surface area contributed by atoms with E-state index in [1.54, 1.807) is 17.1 Å². The van der Waals surface area contributed by atoms with E-state index < -0.39 is 5.72 Å². The molecule has 1 saturated heterocycles. The lowest BCUT2D eigenvalue weighted by Gasteiger charge is -2.46. The van der Waals surface area contributed by atoms with Crippen molar-refractivity contribution in [1.29, 1.82) is 0 Å². The van der Waals surface area contributed by atoms with Crippen LogP contribution in [0.1, 0.15) is 12.8 Å². The van der Waals surface area contributed by atoms with Crippen LogP contribution in [0.5, 0.6) is 0 Å². The summed E-state index contributed by atoms with van der Waals surface area (Å²) in [6.45, 7) is 0.284. The van der Waals surface area contributed by atoms with Gasteiger partial charge in [-0.05, 0) is 42.9 Å². The van der Waals surface area contributed by atoms with E-state index in [2.05, 4.69) is 5.92 Å². The van der Waals surface area contributed by atoms with Crippen LogP contribution >= 0.6 is 0 Å². The first-order valence-electron chi connectivity index (χ1n) is 7.55. The number of anilines is 1. The van der Waals surface area contributed by atoms with Gasteiger partial charge in [-0.1, -0.05) is 18.2 Å². The monoisotopic (exact) mass is 307 g/mol. The number of amides is 1. The van der Waals surface area contributed by atoms with Crippen LogP contribution in [0.4, 0.5) is 5.69 Å². The zero-order valence-electron chi connectivity index (χ0n) is 12.6. The molecule has 1 fully saturated rings. The molecular weight excluding hydrogens is 290 g/mol. The van der Waals surface area contributed by atoms with Crippen LogP contribution in [-0.2, 0) is 14.3 Å². The highest BCUT2D eigenvalue weighted by molar-refractivity contribution is 6.03. The van der Waals surface area contributed by atoms with Crippen LogP contribution in [0, 0.1) is 18.3 Å². The van der Waals surface area contributed by atoms with Crippen molar-refractivity contribution in [3.05, 3.63) is 54.6 Å². The maximum Gasteiger partial charge on any atom is 0.235 e. The molecule has 1 aromatic carbocycles. The highest BCUT2D eigenvalue weighted by Crippen LogP contribution is 2.36. The number of rotatable bonds is 3. The molecule has 4 heteroatoms. The van der Waals surface area contributed by atoms with Crippen LogP contribution < -0.4 is 4.90 Å². The maximum atomic E-state index is 13.0. The highest BCUT2D eigenvalue weighted by atomic mass is 16.5. The third kappa shape index (κ3) is 2.84. The molecule has 1 unspecified atom stereocenters. The fourth-order valence-electron chi connectivity index (χ4n) is 2.85. The van der Waals surface area contributed by atoms with Crippen LogP contribution in [0.25, 0.3) is 0 Å². The third-order valence-corrected chi connectivity index (χ3v) is 4.06. The molecule has 1 aliphatic carbocycles. The SMILES string of the molecule is C#CCCC1COC2(C=CC(=O)C=C2)N(c2ccccc2)C1=O. The van der Waals surface area contributed by atoms with Gasteiger partial charge in [0.25, 0.3) is 0 Å². The number of hydrogen-bond acceptors (Lipinski definition) is 3. The van der Waals surface area contributed by atoms with Crippen molar-refractivity contribution < 1.29 is 14.3 Å². The number of allylic oxidation sites excluding steroid dienone is 2. The van der Waals surface area contributed by atoms with Gasteiger partial charge in [0, 0.05) is 12.1 Å². The Balaban J connectivity index is 2.00.